The van der Waals surface area contributed by atoms with Crippen molar-refractivity contribution in [2.75, 3.05) is 18.1 Å². The van der Waals surface area contributed by atoms with Crippen molar-refractivity contribution in [2.24, 2.45) is 0 Å². The van der Waals surface area contributed by atoms with Crippen LogP contribution in [0.5, 0.6) is 5.75 Å². The van der Waals surface area contributed by atoms with E-state index < -0.39 is 5.91 Å². The molecule has 0 saturated heterocycles. The van der Waals surface area contributed by atoms with E-state index in [4.69, 9.17) is 14.9 Å². The molecule has 2 N–H and O–H groups in total. The van der Waals surface area contributed by atoms with Crippen LogP contribution in [0.1, 0.15) is 27.0 Å². The van der Waals surface area contributed by atoms with Gasteiger partial charge in [0, 0.05) is 23.1 Å². The smallest absolute Gasteiger partial charge is 0.274 e. The molecule has 0 fully saturated rings. The monoisotopic (exact) mass is 473 g/mol. The molecule has 0 saturated carbocycles. The normalized spacial score (nSPS) is 10.7. The lowest BCUT2D eigenvalue weighted by Gasteiger charge is -2.22. The Bertz CT molecular complexity index is 1240. The lowest BCUT2D eigenvalue weighted by Crippen LogP contribution is -2.28. The summed E-state index contributed by atoms with van der Waals surface area (Å²) in [5.41, 5.74) is 7.43. The van der Waals surface area contributed by atoms with Crippen LogP contribution < -0.4 is 15.1 Å². The van der Waals surface area contributed by atoms with Gasteiger partial charge in [0.15, 0.2) is 5.13 Å². The molecule has 7 heteroatoms. The Kier molecular flexibility index (Phi) is 7.57. The van der Waals surface area contributed by atoms with Crippen LogP contribution in [0.25, 0.3) is 11.3 Å². The standard InChI is InChI=1S/C27H27N3O3S/c1-19-7-11-22(12-8-19)24-18-34-27(28-24)30(15-16-33-25-6-4-3-5-20(25)2)17-21-9-13-23(14-10-21)26(31)29-32/h3-14,18,32H,15-17H2,1-2H3,(H,29,31). The maximum Gasteiger partial charge on any atom is 0.274 e. The Morgan fingerprint density at radius 2 is 1.76 bits per heavy atom. The Balaban J connectivity index is 1.53. The largest absolute Gasteiger partial charge is 0.491 e. The number of rotatable bonds is 9. The molecular formula is C27H27N3O3S. The minimum absolute atomic E-state index is 0.400. The van der Waals surface area contributed by atoms with Crippen molar-refractivity contribution >= 4 is 22.4 Å². The van der Waals surface area contributed by atoms with Crippen LogP contribution in [0, 0.1) is 13.8 Å². The minimum atomic E-state index is -0.530. The molecule has 0 aliphatic rings. The third kappa shape index (κ3) is 5.81. The molecule has 6 nitrogen and oxygen atoms in total. The summed E-state index contributed by atoms with van der Waals surface area (Å²) in [6, 6.07) is 23.5. The number of hydroxylamine groups is 1. The molecule has 4 aromatic rings. The van der Waals surface area contributed by atoms with Gasteiger partial charge in [-0.1, -0.05) is 60.2 Å². The molecular weight excluding hydrogens is 446 g/mol. The molecule has 34 heavy (non-hydrogen) atoms. The van der Waals surface area contributed by atoms with E-state index in [1.807, 2.05) is 43.3 Å². The van der Waals surface area contributed by atoms with Crippen LogP contribution in [0.2, 0.25) is 0 Å². The molecule has 174 valence electrons. The van der Waals surface area contributed by atoms with Gasteiger partial charge in [-0.25, -0.2) is 10.5 Å². The lowest BCUT2D eigenvalue weighted by atomic mass is 10.1. The number of ether oxygens (including phenoxy) is 1. The highest BCUT2D eigenvalue weighted by Crippen LogP contribution is 2.29. The molecule has 4 rings (SSSR count). The molecule has 0 unspecified atom stereocenters. The van der Waals surface area contributed by atoms with Crippen molar-refractivity contribution in [1.29, 1.82) is 0 Å². The number of hydrogen-bond acceptors (Lipinski definition) is 6. The maximum atomic E-state index is 11.6. The Morgan fingerprint density at radius 1 is 1.03 bits per heavy atom. The number of benzene rings is 3. The second kappa shape index (κ2) is 11.0. The number of aromatic nitrogens is 1. The minimum Gasteiger partial charge on any atom is -0.491 e. The van der Waals surface area contributed by atoms with E-state index in [0.717, 1.165) is 33.3 Å². The number of para-hydroxylation sites is 1. The number of aryl methyl sites for hydroxylation is 2. The average molecular weight is 474 g/mol. The van der Waals surface area contributed by atoms with Gasteiger partial charge in [0.2, 0.25) is 0 Å². The van der Waals surface area contributed by atoms with E-state index in [1.165, 1.54) is 5.56 Å². The summed E-state index contributed by atoms with van der Waals surface area (Å²) < 4.78 is 6.05. The number of carbonyl (C=O) groups excluding carboxylic acids is 1. The number of nitrogens with one attached hydrogen (secondary N) is 1. The fourth-order valence-corrected chi connectivity index (χ4v) is 4.40. The number of carbonyl (C=O) groups is 1. The predicted molar refractivity (Wildman–Crippen MR) is 136 cm³/mol. The molecule has 0 spiro atoms. The summed E-state index contributed by atoms with van der Waals surface area (Å²) >= 11 is 1.60. The van der Waals surface area contributed by atoms with E-state index in [1.54, 1.807) is 28.9 Å². The van der Waals surface area contributed by atoms with Gasteiger partial charge in [-0.3, -0.25) is 10.0 Å². The summed E-state index contributed by atoms with van der Waals surface area (Å²) in [6.45, 7) is 5.87. The van der Waals surface area contributed by atoms with Crippen molar-refractivity contribution < 1.29 is 14.7 Å². The lowest BCUT2D eigenvalue weighted by molar-refractivity contribution is 0.0706. The summed E-state index contributed by atoms with van der Waals surface area (Å²) in [4.78, 5) is 18.7. The fourth-order valence-electron chi connectivity index (χ4n) is 3.54. The average Bonchev–Trinajstić information content (AvgIpc) is 3.35. The van der Waals surface area contributed by atoms with Gasteiger partial charge in [0.05, 0.1) is 12.2 Å². The first-order valence-corrected chi connectivity index (χ1v) is 11.9. The summed E-state index contributed by atoms with van der Waals surface area (Å²) in [5.74, 6) is 0.346. The fraction of sp³-hybridized carbons (Fsp3) is 0.185. The van der Waals surface area contributed by atoms with Gasteiger partial charge in [-0.2, -0.15) is 0 Å². The summed E-state index contributed by atoms with van der Waals surface area (Å²) in [6.07, 6.45) is 0. The topological polar surface area (TPSA) is 74.7 Å². The zero-order valence-electron chi connectivity index (χ0n) is 19.2. The Labute approximate surface area is 203 Å². The van der Waals surface area contributed by atoms with Crippen LogP contribution in [0.15, 0.2) is 78.2 Å². The molecule has 0 bridgehead atoms. The molecule has 1 heterocycles. The highest BCUT2D eigenvalue weighted by atomic mass is 32.1. The third-order valence-electron chi connectivity index (χ3n) is 5.51. The predicted octanol–water partition coefficient (Wildman–Crippen LogP) is 5.63. The number of thiazole rings is 1. The van der Waals surface area contributed by atoms with Crippen molar-refractivity contribution in [2.45, 2.75) is 20.4 Å². The Morgan fingerprint density at radius 3 is 2.47 bits per heavy atom. The SMILES string of the molecule is Cc1ccc(-c2csc(N(CCOc3ccccc3C)Cc3ccc(C(=O)NO)cc3)n2)cc1. The van der Waals surface area contributed by atoms with E-state index in [2.05, 4.69) is 41.5 Å². The van der Waals surface area contributed by atoms with E-state index in [9.17, 15) is 4.79 Å². The molecule has 0 aliphatic carbocycles. The van der Waals surface area contributed by atoms with Crippen LogP contribution >= 0.6 is 11.3 Å². The van der Waals surface area contributed by atoms with Gasteiger partial charge in [0.1, 0.15) is 12.4 Å². The molecule has 3 aromatic carbocycles. The maximum absolute atomic E-state index is 11.6. The highest BCUT2D eigenvalue weighted by molar-refractivity contribution is 7.14. The first-order valence-electron chi connectivity index (χ1n) is 11.0. The van der Waals surface area contributed by atoms with Gasteiger partial charge >= 0.3 is 0 Å². The summed E-state index contributed by atoms with van der Waals surface area (Å²) in [7, 11) is 0. The number of amides is 1. The second-order valence-corrected chi connectivity index (χ2v) is 8.89. The van der Waals surface area contributed by atoms with Gasteiger partial charge in [-0.15, -0.1) is 11.3 Å². The molecule has 1 aromatic heterocycles. The van der Waals surface area contributed by atoms with Gasteiger partial charge in [-0.05, 0) is 43.2 Å². The molecule has 0 radical (unpaired) electrons. The summed E-state index contributed by atoms with van der Waals surface area (Å²) in [5, 5.41) is 11.8. The number of hydrogen-bond donors (Lipinski definition) is 2. The van der Waals surface area contributed by atoms with Crippen LogP contribution in [-0.4, -0.2) is 29.3 Å². The molecule has 0 aliphatic heterocycles. The highest BCUT2D eigenvalue weighted by Gasteiger charge is 2.14. The van der Waals surface area contributed by atoms with Crippen molar-refractivity contribution in [3.8, 4) is 17.0 Å². The molecule has 1 amide bonds. The van der Waals surface area contributed by atoms with Crippen LogP contribution in [0.3, 0.4) is 0 Å². The number of anilines is 1. The number of nitrogens with zero attached hydrogens (tertiary/aromatic N) is 2. The van der Waals surface area contributed by atoms with Gasteiger partial charge < -0.3 is 9.64 Å². The van der Waals surface area contributed by atoms with Crippen molar-refractivity contribution in [3.05, 3.63) is 100 Å². The zero-order chi connectivity index (χ0) is 23.9. The van der Waals surface area contributed by atoms with E-state index >= 15 is 0 Å². The van der Waals surface area contributed by atoms with Gasteiger partial charge in [0.25, 0.3) is 5.91 Å². The van der Waals surface area contributed by atoms with Crippen molar-refractivity contribution in [3.63, 3.8) is 0 Å². The molecule has 0 atom stereocenters. The first kappa shape index (κ1) is 23.5. The second-order valence-electron chi connectivity index (χ2n) is 8.05. The van der Waals surface area contributed by atoms with E-state index in [0.29, 0.717) is 25.3 Å². The van der Waals surface area contributed by atoms with Crippen molar-refractivity contribution in [1.82, 2.24) is 10.5 Å². The van der Waals surface area contributed by atoms with E-state index in [-0.39, 0.29) is 0 Å². The van der Waals surface area contributed by atoms with Crippen LogP contribution in [0.4, 0.5) is 5.13 Å². The Hall–Kier alpha value is -3.68. The van der Waals surface area contributed by atoms with Crippen LogP contribution in [-0.2, 0) is 6.54 Å². The zero-order valence-corrected chi connectivity index (χ0v) is 20.0. The quantitative estimate of drug-likeness (QED) is 0.243. The first-order chi connectivity index (χ1) is 16.5. The third-order valence-corrected chi connectivity index (χ3v) is 6.41.